The maximum absolute atomic E-state index is 13.3. The van der Waals surface area contributed by atoms with Crippen molar-refractivity contribution in [3.8, 4) is 0 Å². The molecule has 2 aliphatic rings. The standard InChI is InChI=1S/C23H30N2O3/c26-22(23(27,20-8-4-5-9-20)19-6-2-1-3-7-19)24-21-10-13-25(14-11-21)16-18-12-15-28-17-18/h1-3,6-7,12,15,17,20-21,27H,4-5,8-11,13-14,16H2,(H,24,26). The molecule has 2 fully saturated rings. The molecule has 2 heterocycles. The zero-order chi connectivity index (χ0) is 19.4. The molecule has 28 heavy (non-hydrogen) atoms. The first-order valence-electron chi connectivity index (χ1n) is 10.5. The second kappa shape index (κ2) is 8.50. The van der Waals surface area contributed by atoms with Crippen molar-refractivity contribution >= 4 is 5.91 Å². The number of rotatable bonds is 6. The largest absolute Gasteiger partial charge is 0.472 e. The lowest BCUT2D eigenvalue weighted by Crippen LogP contribution is -2.54. The summed E-state index contributed by atoms with van der Waals surface area (Å²) in [6, 6.07) is 11.6. The summed E-state index contributed by atoms with van der Waals surface area (Å²) in [5, 5.41) is 14.8. The van der Waals surface area contributed by atoms with Gasteiger partial charge in [-0.05, 0) is 37.3 Å². The Morgan fingerprint density at radius 1 is 1.11 bits per heavy atom. The molecule has 1 unspecified atom stereocenters. The molecule has 0 spiro atoms. The van der Waals surface area contributed by atoms with Crippen LogP contribution in [0.25, 0.3) is 0 Å². The van der Waals surface area contributed by atoms with Gasteiger partial charge in [0.15, 0.2) is 5.60 Å². The van der Waals surface area contributed by atoms with Crippen molar-refractivity contribution in [1.29, 1.82) is 0 Å². The summed E-state index contributed by atoms with van der Waals surface area (Å²) in [6.45, 7) is 2.75. The van der Waals surface area contributed by atoms with E-state index in [-0.39, 0.29) is 17.9 Å². The molecular weight excluding hydrogens is 352 g/mol. The highest BCUT2D eigenvalue weighted by Crippen LogP contribution is 2.41. The van der Waals surface area contributed by atoms with Gasteiger partial charge in [-0.25, -0.2) is 0 Å². The molecular formula is C23H30N2O3. The maximum atomic E-state index is 13.3. The second-order valence-electron chi connectivity index (χ2n) is 8.27. The van der Waals surface area contributed by atoms with E-state index in [1.165, 1.54) is 5.56 Å². The molecule has 5 nitrogen and oxygen atoms in total. The zero-order valence-corrected chi connectivity index (χ0v) is 16.3. The minimum absolute atomic E-state index is 0.00363. The Morgan fingerprint density at radius 2 is 1.82 bits per heavy atom. The molecule has 2 N–H and O–H groups in total. The predicted molar refractivity (Wildman–Crippen MR) is 107 cm³/mol. The van der Waals surface area contributed by atoms with E-state index in [9.17, 15) is 9.90 Å². The summed E-state index contributed by atoms with van der Waals surface area (Å²) < 4.78 is 5.15. The van der Waals surface area contributed by atoms with Gasteiger partial charge in [-0.2, -0.15) is 0 Å². The Labute approximate surface area is 166 Å². The molecule has 1 saturated carbocycles. The lowest BCUT2D eigenvalue weighted by molar-refractivity contribution is -0.148. The summed E-state index contributed by atoms with van der Waals surface area (Å²) in [7, 11) is 0. The molecule has 5 heteroatoms. The maximum Gasteiger partial charge on any atom is 0.257 e. The molecule has 0 bridgehead atoms. The molecule has 1 amide bonds. The summed E-state index contributed by atoms with van der Waals surface area (Å²) in [5.74, 6) is -0.227. The fourth-order valence-corrected chi connectivity index (χ4v) is 4.76. The number of hydrogen-bond acceptors (Lipinski definition) is 4. The van der Waals surface area contributed by atoms with Gasteiger partial charge in [0.25, 0.3) is 5.91 Å². The first kappa shape index (κ1) is 19.2. The Bertz CT molecular complexity index is 747. The van der Waals surface area contributed by atoms with E-state index in [1.807, 2.05) is 36.4 Å². The van der Waals surface area contributed by atoms with Crippen LogP contribution >= 0.6 is 0 Å². The van der Waals surface area contributed by atoms with E-state index >= 15 is 0 Å². The third-order valence-electron chi connectivity index (χ3n) is 6.42. The molecule has 1 aliphatic heterocycles. The van der Waals surface area contributed by atoms with Crippen LogP contribution in [-0.4, -0.2) is 35.0 Å². The number of piperidine rings is 1. The van der Waals surface area contributed by atoms with E-state index in [0.717, 1.165) is 63.7 Å². The minimum atomic E-state index is -1.42. The highest BCUT2D eigenvalue weighted by Gasteiger charge is 2.46. The van der Waals surface area contributed by atoms with Gasteiger partial charge in [-0.15, -0.1) is 0 Å². The fraction of sp³-hybridized carbons (Fsp3) is 0.522. The van der Waals surface area contributed by atoms with Crippen LogP contribution in [0.15, 0.2) is 53.3 Å². The summed E-state index contributed by atoms with van der Waals surface area (Å²) in [6.07, 6.45) is 9.27. The Hall–Kier alpha value is -2.11. The van der Waals surface area contributed by atoms with E-state index in [1.54, 1.807) is 12.5 Å². The summed E-state index contributed by atoms with van der Waals surface area (Å²) in [5.41, 5.74) is 0.477. The number of carbonyl (C=O) groups is 1. The van der Waals surface area contributed by atoms with Crippen LogP contribution in [-0.2, 0) is 16.9 Å². The number of nitrogens with zero attached hydrogens (tertiary/aromatic N) is 1. The predicted octanol–water partition coefficient (Wildman–Crippen LogP) is 3.44. The fourth-order valence-electron chi connectivity index (χ4n) is 4.76. The van der Waals surface area contributed by atoms with Crippen molar-refractivity contribution < 1.29 is 14.3 Å². The topological polar surface area (TPSA) is 65.7 Å². The molecule has 2 aromatic rings. The summed E-state index contributed by atoms with van der Waals surface area (Å²) >= 11 is 0. The number of benzene rings is 1. The van der Waals surface area contributed by atoms with Gasteiger partial charge in [-0.3, -0.25) is 9.69 Å². The van der Waals surface area contributed by atoms with Gasteiger partial charge < -0.3 is 14.8 Å². The number of hydrogen-bond donors (Lipinski definition) is 2. The van der Waals surface area contributed by atoms with E-state index in [2.05, 4.69) is 10.2 Å². The number of carbonyl (C=O) groups excluding carboxylic acids is 1. The first-order valence-corrected chi connectivity index (χ1v) is 10.5. The SMILES string of the molecule is O=C(NC1CCN(Cc2ccoc2)CC1)C(O)(c1ccccc1)C1CCCC1. The third-order valence-corrected chi connectivity index (χ3v) is 6.42. The van der Waals surface area contributed by atoms with Crippen molar-refractivity contribution in [2.75, 3.05) is 13.1 Å². The molecule has 1 atom stereocenters. The quantitative estimate of drug-likeness (QED) is 0.803. The van der Waals surface area contributed by atoms with Crippen molar-refractivity contribution in [2.24, 2.45) is 5.92 Å². The smallest absolute Gasteiger partial charge is 0.257 e. The van der Waals surface area contributed by atoms with Crippen molar-refractivity contribution in [1.82, 2.24) is 10.2 Å². The van der Waals surface area contributed by atoms with Crippen molar-refractivity contribution in [2.45, 2.75) is 56.7 Å². The second-order valence-corrected chi connectivity index (χ2v) is 8.27. The molecule has 1 aromatic carbocycles. The summed E-state index contributed by atoms with van der Waals surface area (Å²) in [4.78, 5) is 15.7. The van der Waals surface area contributed by atoms with Gasteiger partial charge in [0.2, 0.25) is 0 Å². The van der Waals surface area contributed by atoms with E-state index in [0.29, 0.717) is 0 Å². The van der Waals surface area contributed by atoms with Crippen LogP contribution in [0.2, 0.25) is 0 Å². The molecule has 1 saturated heterocycles. The molecule has 4 rings (SSSR count). The molecule has 1 aliphatic carbocycles. The lowest BCUT2D eigenvalue weighted by Gasteiger charge is -2.37. The van der Waals surface area contributed by atoms with E-state index in [4.69, 9.17) is 4.42 Å². The van der Waals surface area contributed by atoms with E-state index < -0.39 is 5.60 Å². The number of furan rings is 1. The molecule has 1 aromatic heterocycles. The van der Waals surface area contributed by atoms with Gasteiger partial charge >= 0.3 is 0 Å². The highest BCUT2D eigenvalue weighted by molar-refractivity contribution is 5.87. The van der Waals surface area contributed by atoms with Gasteiger partial charge in [0.05, 0.1) is 12.5 Å². The van der Waals surface area contributed by atoms with Crippen LogP contribution in [0.1, 0.15) is 49.7 Å². The normalized spacial score (nSPS) is 21.5. The number of nitrogens with one attached hydrogen (secondary N) is 1. The van der Waals surface area contributed by atoms with Crippen molar-refractivity contribution in [3.63, 3.8) is 0 Å². The van der Waals surface area contributed by atoms with Gasteiger partial charge in [0.1, 0.15) is 0 Å². The van der Waals surface area contributed by atoms with Crippen LogP contribution in [0.3, 0.4) is 0 Å². The first-order chi connectivity index (χ1) is 13.7. The van der Waals surface area contributed by atoms with Gasteiger partial charge in [-0.1, -0.05) is 43.2 Å². The van der Waals surface area contributed by atoms with Crippen molar-refractivity contribution in [3.05, 3.63) is 60.1 Å². The molecule has 150 valence electrons. The third kappa shape index (κ3) is 4.01. The van der Waals surface area contributed by atoms with Crippen LogP contribution < -0.4 is 5.32 Å². The number of amides is 1. The monoisotopic (exact) mass is 382 g/mol. The number of likely N-dealkylation sites (tertiary alicyclic amines) is 1. The highest BCUT2D eigenvalue weighted by atomic mass is 16.3. The van der Waals surface area contributed by atoms with Crippen LogP contribution in [0.5, 0.6) is 0 Å². The minimum Gasteiger partial charge on any atom is -0.472 e. The lowest BCUT2D eigenvalue weighted by atomic mass is 9.79. The molecule has 0 radical (unpaired) electrons. The number of aliphatic hydroxyl groups is 1. The van der Waals surface area contributed by atoms with Crippen LogP contribution in [0.4, 0.5) is 0 Å². The Morgan fingerprint density at radius 3 is 2.46 bits per heavy atom. The Kier molecular flexibility index (Phi) is 5.83. The average molecular weight is 383 g/mol. The zero-order valence-electron chi connectivity index (χ0n) is 16.3. The Balaban J connectivity index is 1.40. The van der Waals surface area contributed by atoms with Crippen LogP contribution in [0, 0.1) is 5.92 Å². The average Bonchev–Trinajstić information content (AvgIpc) is 3.44. The van der Waals surface area contributed by atoms with Gasteiger partial charge in [0, 0.05) is 37.2 Å².